The molecular formula is C19H29ClN4O. The molecule has 4 rings (SSSR count). The number of aromatic nitrogens is 2. The van der Waals surface area contributed by atoms with Gasteiger partial charge in [-0.15, -0.1) is 0 Å². The average molecular weight is 365 g/mol. The highest BCUT2D eigenvalue weighted by Gasteiger charge is 2.48. The van der Waals surface area contributed by atoms with Crippen molar-refractivity contribution < 1.29 is 4.79 Å². The number of rotatable bonds is 5. The van der Waals surface area contributed by atoms with Crippen molar-refractivity contribution in [1.29, 1.82) is 0 Å². The summed E-state index contributed by atoms with van der Waals surface area (Å²) in [6.45, 7) is 6.39. The Labute approximate surface area is 155 Å². The molecule has 3 fully saturated rings. The molecule has 1 aromatic heterocycles. The molecule has 2 bridgehead atoms. The van der Waals surface area contributed by atoms with Crippen LogP contribution in [0, 0.1) is 11.8 Å². The van der Waals surface area contributed by atoms with E-state index < -0.39 is 0 Å². The van der Waals surface area contributed by atoms with E-state index in [4.69, 9.17) is 11.6 Å². The topological polar surface area (TPSA) is 41.4 Å². The molecule has 3 aliphatic rings. The molecule has 3 aliphatic heterocycles. The fourth-order valence-electron chi connectivity index (χ4n) is 5.43. The Bertz CT molecular complexity index is 618. The molecule has 5 nitrogen and oxygen atoms in total. The van der Waals surface area contributed by atoms with Gasteiger partial charge >= 0.3 is 0 Å². The van der Waals surface area contributed by atoms with Crippen LogP contribution in [0.25, 0.3) is 0 Å². The van der Waals surface area contributed by atoms with E-state index >= 15 is 0 Å². The third-order valence-corrected chi connectivity index (χ3v) is 6.60. The van der Waals surface area contributed by atoms with Gasteiger partial charge in [0.1, 0.15) is 0 Å². The van der Waals surface area contributed by atoms with E-state index in [-0.39, 0.29) is 0 Å². The molecule has 1 aromatic rings. The fourth-order valence-corrected chi connectivity index (χ4v) is 5.58. The predicted octanol–water partition coefficient (Wildman–Crippen LogP) is 3.04. The van der Waals surface area contributed by atoms with E-state index in [1.54, 1.807) is 6.20 Å². The molecule has 0 radical (unpaired) electrons. The van der Waals surface area contributed by atoms with Gasteiger partial charge in [0.25, 0.3) is 0 Å². The third kappa shape index (κ3) is 3.45. The van der Waals surface area contributed by atoms with Crippen LogP contribution in [0.5, 0.6) is 0 Å². The minimum absolute atomic E-state index is 0.420. The maximum absolute atomic E-state index is 12.6. The maximum Gasteiger partial charge on any atom is 0.223 e. The van der Waals surface area contributed by atoms with Gasteiger partial charge in [-0.1, -0.05) is 24.9 Å². The number of carbonyl (C=O) groups is 1. The summed E-state index contributed by atoms with van der Waals surface area (Å²) >= 11 is 5.97. The van der Waals surface area contributed by atoms with Gasteiger partial charge in [-0.3, -0.25) is 9.48 Å². The number of carbonyl (C=O) groups excluding carboxylic acids is 1. The van der Waals surface area contributed by atoms with Gasteiger partial charge < -0.3 is 9.80 Å². The van der Waals surface area contributed by atoms with Crippen molar-refractivity contribution in [1.82, 2.24) is 19.6 Å². The van der Waals surface area contributed by atoms with Crippen LogP contribution < -0.4 is 0 Å². The average Bonchev–Trinajstić information content (AvgIpc) is 3.02. The number of likely N-dealkylation sites (tertiary alicyclic amines) is 1. The Hall–Kier alpha value is -1.07. The monoisotopic (exact) mass is 364 g/mol. The lowest BCUT2D eigenvalue weighted by molar-refractivity contribution is -0.153. The standard InChI is InChI=1S/C19H29ClN4O/c1-2-4-17-14-9-15(18-5-3-6-19(25)24(17)18)12-22(11-14)7-8-23-13-16(20)10-21-23/h10,13-15,17-18H,2-9,11-12H2,1H3/t14-,15+,17-,18-/m0/s1. The molecular weight excluding hydrogens is 336 g/mol. The molecule has 0 N–H and O–H groups in total. The summed E-state index contributed by atoms with van der Waals surface area (Å²) in [5.41, 5.74) is 0. The highest BCUT2D eigenvalue weighted by molar-refractivity contribution is 6.30. The van der Waals surface area contributed by atoms with Crippen molar-refractivity contribution in [3.8, 4) is 0 Å². The number of amides is 1. The second kappa shape index (κ2) is 7.28. The van der Waals surface area contributed by atoms with E-state index in [2.05, 4.69) is 21.8 Å². The zero-order valence-corrected chi connectivity index (χ0v) is 15.9. The van der Waals surface area contributed by atoms with Crippen molar-refractivity contribution in [3.05, 3.63) is 17.4 Å². The van der Waals surface area contributed by atoms with Gasteiger partial charge in [-0.2, -0.15) is 5.10 Å². The number of nitrogens with zero attached hydrogens (tertiary/aromatic N) is 4. The first kappa shape index (κ1) is 17.3. The summed E-state index contributed by atoms with van der Waals surface area (Å²) in [7, 11) is 0. The lowest BCUT2D eigenvalue weighted by Crippen LogP contribution is -2.65. The van der Waals surface area contributed by atoms with Crippen LogP contribution in [0.3, 0.4) is 0 Å². The van der Waals surface area contributed by atoms with Gasteiger partial charge in [-0.25, -0.2) is 0 Å². The molecule has 0 saturated carbocycles. The summed E-state index contributed by atoms with van der Waals surface area (Å²) < 4.78 is 1.94. The van der Waals surface area contributed by atoms with Gasteiger partial charge in [0.15, 0.2) is 0 Å². The predicted molar refractivity (Wildman–Crippen MR) is 98.5 cm³/mol. The van der Waals surface area contributed by atoms with Crippen molar-refractivity contribution in [2.45, 2.75) is 64.1 Å². The highest BCUT2D eigenvalue weighted by Crippen LogP contribution is 2.42. The minimum Gasteiger partial charge on any atom is -0.336 e. The molecule has 4 atom stereocenters. The Morgan fingerprint density at radius 2 is 2.12 bits per heavy atom. The van der Waals surface area contributed by atoms with E-state index in [9.17, 15) is 4.79 Å². The van der Waals surface area contributed by atoms with E-state index in [1.807, 2.05) is 10.9 Å². The van der Waals surface area contributed by atoms with Crippen LogP contribution in [0.2, 0.25) is 5.02 Å². The Kier molecular flexibility index (Phi) is 5.05. The lowest BCUT2D eigenvalue weighted by atomic mass is 9.71. The lowest BCUT2D eigenvalue weighted by Gasteiger charge is -2.56. The summed E-state index contributed by atoms with van der Waals surface area (Å²) in [4.78, 5) is 17.6. The van der Waals surface area contributed by atoms with Crippen molar-refractivity contribution in [3.63, 3.8) is 0 Å². The number of hydrogen-bond donors (Lipinski definition) is 0. The van der Waals surface area contributed by atoms with Crippen LogP contribution in [-0.2, 0) is 11.3 Å². The second-order valence-electron chi connectivity index (χ2n) is 8.05. The van der Waals surface area contributed by atoms with Gasteiger partial charge in [0.05, 0.1) is 17.8 Å². The zero-order chi connectivity index (χ0) is 17.4. The smallest absolute Gasteiger partial charge is 0.223 e. The van der Waals surface area contributed by atoms with E-state index in [0.717, 1.165) is 51.9 Å². The second-order valence-corrected chi connectivity index (χ2v) is 8.49. The Balaban J connectivity index is 1.46. The fraction of sp³-hybridized carbons (Fsp3) is 0.789. The molecule has 138 valence electrons. The van der Waals surface area contributed by atoms with Gasteiger partial charge in [-0.05, 0) is 37.5 Å². The minimum atomic E-state index is 0.420. The summed E-state index contributed by atoms with van der Waals surface area (Å²) in [5, 5.41) is 5.00. The van der Waals surface area contributed by atoms with Crippen LogP contribution >= 0.6 is 11.6 Å². The summed E-state index contributed by atoms with van der Waals surface area (Å²) in [5.74, 6) is 1.71. The SMILES string of the molecule is CCC[C@H]1[C@H]2C[C@H](CN(CCn3cc(Cl)cn3)C2)[C@@H]2CCCC(=O)N21. The molecule has 25 heavy (non-hydrogen) atoms. The highest BCUT2D eigenvalue weighted by atomic mass is 35.5. The molecule has 3 saturated heterocycles. The van der Waals surface area contributed by atoms with E-state index in [1.165, 1.54) is 12.8 Å². The number of hydrogen-bond acceptors (Lipinski definition) is 3. The van der Waals surface area contributed by atoms with Crippen LogP contribution in [0.1, 0.15) is 45.4 Å². The quantitative estimate of drug-likeness (QED) is 0.806. The van der Waals surface area contributed by atoms with Crippen LogP contribution in [0.4, 0.5) is 0 Å². The summed E-state index contributed by atoms with van der Waals surface area (Å²) in [6, 6.07) is 0.942. The maximum atomic E-state index is 12.6. The third-order valence-electron chi connectivity index (χ3n) is 6.40. The molecule has 1 amide bonds. The Morgan fingerprint density at radius 1 is 1.28 bits per heavy atom. The first-order valence-electron chi connectivity index (χ1n) is 9.87. The molecule has 4 heterocycles. The summed E-state index contributed by atoms with van der Waals surface area (Å²) in [6.07, 6.45) is 10.3. The molecule has 0 spiro atoms. The van der Waals surface area contributed by atoms with Crippen LogP contribution in [0.15, 0.2) is 12.4 Å². The van der Waals surface area contributed by atoms with E-state index in [0.29, 0.717) is 34.8 Å². The first-order valence-corrected chi connectivity index (χ1v) is 10.2. The van der Waals surface area contributed by atoms with Crippen molar-refractivity contribution >= 4 is 17.5 Å². The number of halogens is 1. The van der Waals surface area contributed by atoms with Crippen LogP contribution in [-0.4, -0.2) is 57.2 Å². The van der Waals surface area contributed by atoms with Crippen molar-refractivity contribution in [2.24, 2.45) is 11.8 Å². The van der Waals surface area contributed by atoms with Gasteiger partial charge in [0.2, 0.25) is 5.91 Å². The Morgan fingerprint density at radius 3 is 2.88 bits per heavy atom. The molecule has 0 aromatic carbocycles. The van der Waals surface area contributed by atoms with Crippen molar-refractivity contribution in [2.75, 3.05) is 19.6 Å². The molecule has 0 unspecified atom stereocenters. The zero-order valence-electron chi connectivity index (χ0n) is 15.1. The number of fused-ring (bicyclic) bond motifs is 4. The normalized spacial score (nSPS) is 32.7. The number of piperidine rings is 3. The first-order chi connectivity index (χ1) is 12.2. The largest absolute Gasteiger partial charge is 0.336 e. The molecule has 6 heteroatoms. The van der Waals surface area contributed by atoms with Gasteiger partial charge in [0, 0.05) is 44.3 Å². The molecule has 0 aliphatic carbocycles.